The van der Waals surface area contributed by atoms with E-state index >= 15 is 0 Å². The molecule has 6 rings (SSSR count). The molecule has 0 atom stereocenters. The fourth-order valence-corrected chi connectivity index (χ4v) is 4.50. The van der Waals surface area contributed by atoms with Crippen molar-refractivity contribution in [3.63, 3.8) is 0 Å². The highest BCUT2D eigenvalue weighted by Crippen LogP contribution is 2.34. The lowest BCUT2D eigenvalue weighted by Crippen LogP contribution is -2.16. The van der Waals surface area contributed by atoms with Crippen LogP contribution < -0.4 is 10.9 Å². The number of benzene rings is 3. The van der Waals surface area contributed by atoms with Crippen LogP contribution in [0.5, 0.6) is 5.75 Å². The van der Waals surface area contributed by atoms with Gasteiger partial charge >= 0.3 is 6.18 Å². The second kappa shape index (κ2) is 9.12. The Balaban J connectivity index is 1.45. The van der Waals surface area contributed by atoms with E-state index in [0.717, 1.165) is 12.1 Å². The fraction of sp³-hybridized carbons (Fsp3) is 0.0714. The molecule has 3 heterocycles. The summed E-state index contributed by atoms with van der Waals surface area (Å²) in [5, 5.41) is 20.0. The molecule has 12 heteroatoms. The highest BCUT2D eigenvalue weighted by Gasteiger charge is 2.31. The minimum atomic E-state index is -4.57. The van der Waals surface area contributed by atoms with Crippen LogP contribution in [0.25, 0.3) is 38.9 Å². The van der Waals surface area contributed by atoms with E-state index in [2.05, 4.69) is 20.5 Å². The van der Waals surface area contributed by atoms with E-state index in [1.54, 1.807) is 31.3 Å². The Labute approximate surface area is 223 Å². The predicted molar refractivity (Wildman–Crippen MR) is 142 cm³/mol. The molecule has 0 spiro atoms. The van der Waals surface area contributed by atoms with Crippen LogP contribution in [-0.4, -0.2) is 35.6 Å². The third-order valence-electron chi connectivity index (χ3n) is 6.50. The van der Waals surface area contributed by atoms with Crippen molar-refractivity contribution >= 4 is 33.5 Å². The zero-order chi connectivity index (χ0) is 28.2. The van der Waals surface area contributed by atoms with E-state index in [1.165, 1.54) is 52.0 Å². The van der Waals surface area contributed by atoms with Crippen molar-refractivity contribution < 1.29 is 23.1 Å². The number of aryl methyl sites for hydroxylation is 1. The first-order valence-electron chi connectivity index (χ1n) is 11.9. The van der Waals surface area contributed by atoms with Crippen molar-refractivity contribution in [2.24, 2.45) is 7.05 Å². The maximum Gasteiger partial charge on any atom is 0.416 e. The summed E-state index contributed by atoms with van der Waals surface area (Å²) in [7, 11) is 1.65. The number of amides is 1. The molecule has 3 aromatic heterocycles. The van der Waals surface area contributed by atoms with Gasteiger partial charge in [0.2, 0.25) is 0 Å². The number of hydrogen-bond donors (Lipinski definition) is 3. The average Bonchev–Trinajstić information content (AvgIpc) is 3.49. The Morgan fingerprint density at radius 2 is 1.75 bits per heavy atom. The third kappa shape index (κ3) is 4.25. The van der Waals surface area contributed by atoms with Crippen molar-refractivity contribution in [3.8, 4) is 22.7 Å². The minimum Gasteiger partial charge on any atom is -0.508 e. The van der Waals surface area contributed by atoms with Crippen molar-refractivity contribution in [1.29, 1.82) is 0 Å². The number of rotatable bonds is 4. The number of pyridine rings is 1. The summed E-state index contributed by atoms with van der Waals surface area (Å²) < 4.78 is 43.1. The third-order valence-corrected chi connectivity index (χ3v) is 6.50. The second-order valence-corrected chi connectivity index (χ2v) is 9.09. The summed E-state index contributed by atoms with van der Waals surface area (Å²) in [4.78, 5) is 30.9. The summed E-state index contributed by atoms with van der Waals surface area (Å²) in [5.41, 5.74) is 0.794. The number of alkyl halides is 3. The molecule has 0 aliphatic carbocycles. The van der Waals surface area contributed by atoms with E-state index in [9.17, 15) is 27.9 Å². The number of fused-ring (bicyclic) bond motifs is 3. The SMILES string of the molecule is Cn1ncc2c3[nH]n(-c4ccc(C(=O)Nc5ccc(O)cc5)cc4)c(=O)c3c(-c3cccc(C(F)(F)F)c3)nc21. The van der Waals surface area contributed by atoms with Crippen LogP contribution in [0.2, 0.25) is 0 Å². The van der Waals surface area contributed by atoms with Gasteiger partial charge in [-0.15, -0.1) is 0 Å². The van der Waals surface area contributed by atoms with Gasteiger partial charge in [0.25, 0.3) is 11.5 Å². The number of nitrogens with one attached hydrogen (secondary N) is 2. The molecule has 200 valence electrons. The van der Waals surface area contributed by atoms with Crippen LogP contribution >= 0.6 is 0 Å². The molecule has 0 radical (unpaired) electrons. The second-order valence-electron chi connectivity index (χ2n) is 9.09. The van der Waals surface area contributed by atoms with Gasteiger partial charge in [0, 0.05) is 23.9 Å². The molecule has 9 nitrogen and oxygen atoms in total. The lowest BCUT2D eigenvalue weighted by atomic mass is 10.0. The Hall–Kier alpha value is -5.39. The van der Waals surface area contributed by atoms with Crippen LogP contribution in [0.4, 0.5) is 18.9 Å². The van der Waals surface area contributed by atoms with Gasteiger partial charge in [0.1, 0.15) is 5.75 Å². The first kappa shape index (κ1) is 24.9. The van der Waals surface area contributed by atoms with Gasteiger partial charge in [0.15, 0.2) is 5.65 Å². The van der Waals surface area contributed by atoms with Gasteiger partial charge in [-0.3, -0.25) is 19.4 Å². The van der Waals surface area contributed by atoms with Crippen LogP contribution in [0.3, 0.4) is 0 Å². The standard InChI is InChI=1S/C28H19F3N6O3/c1-36-25-21(14-32-36)24-22(23(34-25)16-3-2-4-17(13-16)28(29,30)31)27(40)37(35-24)19-9-5-15(6-10-19)26(39)33-18-7-11-20(38)12-8-18/h2-14,35,38H,1H3,(H,33,39). The summed E-state index contributed by atoms with van der Waals surface area (Å²) in [6.45, 7) is 0. The monoisotopic (exact) mass is 544 g/mol. The van der Waals surface area contributed by atoms with Gasteiger partial charge in [-0.2, -0.15) is 18.3 Å². The number of nitrogens with zero attached hydrogens (tertiary/aromatic N) is 4. The first-order valence-corrected chi connectivity index (χ1v) is 11.9. The minimum absolute atomic E-state index is 0.0705. The molecule has 3 aromatic carbocycles. The number of hydrogen-bond acceptors (Lipinski definition) is 5. The van der Waals surface area contributed by atoms with Crippen LogP contribution in [0, 0.1) is 0 Å². The van der Waals surface area contributed by atoms with E-state index < -0.39 is 23.2 Å². The topological polar surface area (TPSA) is 118 Å². The zero-order valence-electron chi connectivity index (χ0n) is 20.7. The Kier molecular flexibility index (Phi) is 5.68. The van der Waals surface area contributed by atoms with E-state index in [4.69, 9.17) is 0 Å². The summed E-state index contributed by atoms with van der Waals surface area (Å²) in [6.07, 6.45) is -3.04. The Morgan fingerprint density at radius 3 is 2.45 bits per heavy atom. The number of phenols is 1. The molecule has 0 fully saturated rings. The summed E-state index contributed by atoms with van der Waals surface area (Å²) >= 11 is 0. The van der Waals surface area contributed by atoms with Crippen LogP contribution in [-0.2, 0) is 13.2 Å². The largest absolute Gasteiger partial charge is 0.508 e. The van der Waals surface area contributed by atoms with Gasteiger partial charge in [-0.1, -0.05) is 12.1 Å². The summed E-state index contributed by atoms with van der Waals surface area (Å²) in [5.74, 6) is -0.324. The smallest absolute Gasteiger partial charge is 0.416 e. The Morgan fingerprint density at radius 1 is 1.02 bits per heavy atom. The maximum absolute atomic E-state index is 13.7. The van der Waals surface area contributed by atoms with Crippen LogP contribution in [0.1, 0.15) is 15.9 Å². The van der Waals surface area contributed by atoms with E-state index in [1.807, 2.05) is 0 Å². The van der Waals surface area contributed by atoms with E-state index in [-0.39, 0.29) is 22.4 Å². The molecule has 0 unspecified atom stereocenters. The fourth-order valence-electron chi connectivity index (χ4n) is 4.50. The number of carbonyl (C=O) groups excluding carboxylic acids is 1. The van der Waals surface area contributed by atoms with Crippen molar-refractivity contribution in [1.82, 2.24) is 24.5 Å². The molecule has 0 bridgehead atoms. The molecule has 3 N–H and O–H groups in total. The number of carbonyl (C=O) groups is 1. The highest BCUT2D eigenvalue weighted by atomic mass is 19.4. The van der Waals surface area contributed by atoms with Gasteiger partial charge in [0.05, 0.1) is 39.4 Å². The molecule has 40 heavy (non-hydrogen) atoms. The quantitative estimate of drug-likeness (QED) is 0.262. The van der Waals surface area contributed by atoms with Crippen LogP contribution in [0.15, 0.2) is 83.8 Å². The lowest BCUT2D eigenvalue weighted by Gasteiger charge is -2.09. The zero-order valence-corrected chi connectivity index (χ0v) is 20.7. The number of anilines is 1. The molecular formula is C28H19F3N6O3. The number of H-pyrrole nitrogens is 1. The molecule has 6 aromatic rings. The van der Waals surface area contributed by atoms with Gasteiger partial charge in [-0.25, -0.2) is 9.67 Å². The first-order chi connectivity index (χ1) is 19.1. The number of halogens is 3. The molecule has 0 saturated heterocycles. The van der Waals surface area contributed by atoms with Crippen molar-refractivity contribution in [2.75, 3.05) is 5.32 Å². The predicted octanol–water partition coefficient (Wildman–Crippen LogP) is 5.24. The number of aromatic nitrogens is 5. The Bertz CT molecular complexity index is 1970. The number of aromatic amines is 1. The highest BCUT2D eigenvalue weighted by molar-refractivity contribution is 6.08. The molecule has 0 saturated carbocycles. The molecular weight excluding hydrogens is 525 g/mol. The molecule has 0 aliphatic rings. The van der Waals surface area contributed by atoms with Crippen molar-refractivity contribution in [2.45, 2.75) is 6.18 Å². The maximum atomic E-state index is 13.7. The number of aromatic hydroxyl groups is 1. The summed E-state index contributed by atoms with van der Waals surface area (Å²) in [6, 6.07) is 16.9. The van der Waals surface area contributed by atoms with Crippen molar-refractivity contribution in [3.05, 3.63) is 100 Å². The van der Waals surface area contributed by atoms with E-state index in [0.29, 0.717) is 33.5 Å². The molecule has 0 aliphatic heterocycles. The number of phenolic OH excluding ortho intramolecular Hbond substituents is 1. The van der Waals surface area contributed by atoms with Gasteiger partial charge < -0.3 is 10.4 Å². The average molecular weight is 544 g/mol. The van der Waals surface area contributed by atoms with Gasteiger partial charge in [-0.05, 0) is 60.7 Å². The lowest BCUT2D eigenvalue weighted by molar-refractivity contribution is -0.137. The normalized spacial score (nSPS) is 11.8. The molecule has 1 amide bonds.